The molecule has 0 bridgehead atoms. The molecule has 0 amide bonds. The molecule has 132 valence electrons. The molecule has 3 heteroatoms. The fourth-order valence-electron chi connectivity index (χ4n) is 4.65. The number of benzene rings is 1. The molecule has 2 aliphatic rings. The van der Waals surface area contributed by atoms with E-state index >= 15 is 0 Å². The topological polar surface area (TPSA) is 9.23 Å². The van der Waals surface area contributed by atoms with Gasteiger partial charge in [0.1, 0.15) is 0 Å². The smallest absolute Gasteiger partial charge is 0.201 e. The van der Waals surface area contributed by atoms with Crippen molar-refractivity contribution >= 4 is 5.57 Å². The molecule has 0 N–H and O–H groups in total. The molecule has 24 heavy (non-hydrogen) atoms. The maximum Gasteiger partial charge on any atom is 0.201 e. The zero-order valence-electron chi connectivity index (χ0n) is 14.8. The summed E-state index contributed by atoms with van der Waals surface area (Å²) < 4.78 is 33.9. The number of rotatable bonds is 7. The van der Waals surface area contributed by atoms with Gasteiger partial charge in [-0.3, -0.25) is 0 Å². The van der Waals surface area contributed by atoms with Crippen LogP contribution in [0.4, 0.5) is 8.78 Å². The minimum absolute atomic E-state index is 0.0118. The Morgan fingerprint density at radius 3 is 2.67 bits per heavy atom. The molecule has 3 atom stereocenters. The van der Waals surface area contributed by atoms with Gasteiger partial charge in [0.15, 0.2) is 11.6 Å². The van der Waals surface area contributed by atoms with Crippen LogP contribution in [0.5, 0.6) is 5.75 Å². The second kappa shape index (κ2) is 7.67. The van der Waals surface area contributed by atoms with E-state index in [1.807, 2.05) is 0 Å². The normalized spacial score (nSPS) is 25.7. The van der Waals surface area contributed by atoms with Crippen molar-refractivity contribution in [2.75, 3.05) is 6.61 Å². The summed E-state index contributed by atoms with van der Waals surface area (Å²) in [7, 11) is 0. The van der Waals surface area contributed by atoms with Crippen LogP contribution in [-0.4, -0.2) is 6.61 Å². The first-order valence-corrected chi connectivity index (χ1v) is 9.48. The Hall–Kier alpha value is -1.38. The highest BCUT2D eigenvalue weighted by atomic mass is 19.2. The minimum atomic E-state index is -0.851. The molecule has 1 nitrogen and oxygen atoms in total. The second-order valence-electron chi connectivity index (χ2n) is 7.17. The van der Waals surface area contributed by atoms with E-state index in [-0.39, 0.29) is 5.75 Å². The van der Waals surface area contributed by atoms with Crippen molar-refractivity contribution in [2.24, 2.45) is 17.8 Å². The largest absolute Gasteiger partial charge is 0.491 e. The molecule has 1 aromatic carbocycles. The van der Waals surface area contributed by atoms with Crippen LogP contribution in [0.15, 0.2) is 18.2 Å². The third kappa shape index (κ3) is 3.22. The van der Waals surface area contributed by atoms with Crippen molar-refractivity contribution in [1.82, 2.24) is 0 Å². The van der Waals surface area contributed by atoms with Gasteiger partial charge < -0.3 is 4.74 Å². The van der Waals surface area contributed by atoms with Gasteiger partial charge >= 0.3 is 0 Å². The van der Waals surface area contributed by atoms with Crippen LogP contribution in [0, 0.1) is 29.4 Å². The van der Waals surface area contributed by atoms with E-state index in [1.54, 1.807) is 19.1 Å². The molecule has 0 radical (unpaired) electrons. The van der Waals surface area contributed by atoms with E-state index in [0.29, 0.717) is 24.0 Å². The lowest BCUT2D eigenvalue weighted by molar-refractivity contribution is 0.313. The summed E-state index contributed by atoms with van der Waals surface area (Å²) in [4.78, 5) is 0. The number of halogens is 2. The second-order valence-corrected chi connectivity index (χ2v) is 7.17. The van der Waals surface area contributed by atoms with Crippen LogP contribution in [0.25, 0.3) is 5.57 Å². The van der Waals surface area contributed by atoms with E-state index in [2.05, 4.69) is 13.0 Å². The van der Waals surface area contributed by atoms with Crippen molar-refractivity contribution in [3.05, 3.63) is 35.4 Å². The van der Waals surface area contributed by atoms with Crippen molar-refractivity contribution in [2.45, 2.75) is 58.8 Å². The Morgan fingerprint density at radius 2 is 1.92 bits per heavy atom. The highest BCUT2D eigenvalue weighted by Crippen LogP contribution is 2.52. The summed E-state index contributed by atoms with van der Waals surface area (Å²) in [6.45, 7) is 4.34. The number of ether oxygens (including phenoxy) is 1. The minimum Gasteiger partial charge on any atom is -0.491 e. The summed E-state index contributed by atoms with van der Waals surface area (Å²) in [6.07, 6.45) is 10.7. The quantitative estimate of drug-likeness (QED) is 0.526. The molecule has 0 aromatic heterocycles. The molecule has 1 aromatic rings. The third-order valence-corrected chi connectivity index (χ3v) is 5.82. The monoisotopic (exact) mass is 334 g/mol. The average Bonchev–Trinajstić information content (AvgIpc) is 3.16. The zero-order chi connectivity index (χ0) is 17.1. The number of unbranched alkanes of at least 4 members (excludes halogenated alkanes) is 2. The number of hydrogen-bond donors (Lipinski definition) is 0. The van der Waals surface area contributed by atoms with E-state index in [4.69, 9.17) is 4.74 Å². The molecule has 3 rings (SSSR count). The van der Waals surface area contributed by atoms with Crippen LogP contribution in [-0.2, 0) is 0 Å². The molecular formula is C21H28F2O. The molecule has 0 aliphatic heterocycles. The van der Waals surface area contributed by atoms with Gasteiger partial charge in [0, 0.05) is 5.56 Å². The lowest BCUT2D eigenvalue weighted by Crippen LogP contribution is -2.12. The maximum atomic E-state index is 14.5. The average molecular weight is 334 g/mol. The highest BCUT2D eigenvalue weighted by Gasteiger charge is 2.41. The zero-order valence-corrected chi connectivity index (χ0v) is 14.8. The summed E-state index contributed by atoms with van der Waals surface area (Å²) in [5.41, 5.74) is 1.47. The Labute approximate surface area is 144 Å². The summed E-state index contributed by atoms with van der Waals surface area (Å²) in [6, 6.07) is 3.27. The molecule has 1 saturated carbocycles. The van der Waals surface area contributed by atoms with Crippen LogP contribution >= 0.6 is 0 Å². The van der Waals surface area contributed by atoms with Crippen molar-refractivity contribution < 1.29 is 13.5 Å². The molecule has 0 spiro atoms. The molecule has 0 saturated heterocycles. The molecule has 3 unspecified atom stereocenters. The molecule has 2 aliphatic carbocycles. The van der Waals surface area contributed by atoms with Gasteiger partial charge in [0.25, 0.3) is 0 Å². The van der Waals surface area contributed by atoms with Gasteiger partial charge in [0.05, 0.1) is 6.61 Å². The van der Waals surface area contributed by atoms with Gasteiger partial charge in [-0.15, -0.1) is 0 Å². The fourth-order valence-corrected chi connectivity index (χ4v) is 4.65. The van der Waals surface area contributed by atoms with Gasteiger partial charge in [-0.05, 0) is 61.6 Å². The first-order valence-electron chi connectivity index (χ1n) is 9.48. The van der Waals surface area contributed by atoms with Gasteiger partial charge in [0.2, 0.25) is 5.82 Å². The van der Waals surface area contributed by atoms with E-state index in [0.717, 1.165) is 24.3 Å². The Morgan fingerprint density at radius 1 is 1.08 bits per heavy atom. The first-order chi connectivity index (χ1) is 11.7. The van der Waals surface area contributed by atoms with Gasteiger partial charge in [-0.2, -0.15) is 4.39 Å². The lowest BCUT2D eigenvalue weighted by atomic mass is 9.84. The molecule has 0 heterocycles. The Kier molecular flexibility index (Phi) is 5.57. The van der Waals surface area contributed by atoms with Crippen molar-refractivity contribution in [1.29, 1.82) is 0 Å². The summed E-state index contributed by atoms with van der Waals surface area (Å²) in [5, 5.41) is 0. The SMILES string of the molecule is CCCCCC1CCC2C(c3ccc(OCC)c(F)c3F)=CCC12. The first kappa shape index (κ1) is 17.4. The van der Waals surface area contributed by atoms with Gasteiger partial charge in [-0.1, -0.05) is 38.7 Å². The fraction of sp³-hybridized carbons (Fsp3) is 0.619. The van der Waals surface area contributed by atoms with Crippen LogP contribution in [0.3, 0.4) is 0 Å². The molecular weight excluding hydrogens is 306 g/mol. The van der Waals surface area contributed by atoms with Crippen molar-refractivity contribution in [3.63, 3.8) is 0 Å². The van der Waals surface area contributed by atoms with Gasteiger partial charge in [-0.25, -0.2) is 4.39 Å². The number of fused-ring (bicyclic) bond motifs is 1. The summed E-state index contributed by atoms with van der Waals surface area (Å²) >= 11 is 0. The standard InChI is InChI=1S/C21H28F2O/c1-3-5-6-7-14-8-9-16-15(14)10-11-17(16)18-12-13-19(24-4-2)21(23)20(18)22/h11-16H,3-10H2,1-2H3. The Balaban J connectivity index is 1.74. The lowest BCUT2D eigenvalue weighted by Gasteiger charge is -2.20. The van der Waals surface area contributed by atoms with Crippen LogP contribution in [0.2, 0.25) is 0 Å². The summed E-state index contributed by atoms with van der Waals surface area (Å²) in [5.74, 6) is 0.205. The molecule has 1 fully saturated rings. The predicted octanol–water partition coefficient (Wildman–Crippen LogP) is 6.37. The number of allylic oxidation sites excluding steroid dienone is 2. The predicted molar refractivity (Wildman–Crippen MR) is 94.0 cm³/mol. The van der Waals surface area contributed by atoms with E-state index < -0.39 is 11.6 Å². The maximum absolute atomic E-state index is 14.5. The van der Waals surface area contributed by atoms with E-state index in [1.165, 1.54) is 32.1 Å². The van der Waals surface area contributed by atoms with Crippen LogP contribution < -0.4 is 4.74 Å². The number of hydrogen-bond acceptors (Lipinski definition) is 1. The van der Waals surface area contributed by atoms with Crippen molar-refractivity contribution in [3.8, 4) is 5.75 Å². The van der Waals surface area contributed by atoms with Crippen LogP contribution in [0.1, 0.15) is 64.4 Å². The van der Waals surface area contributed by atoms with E-state index in [9.17, 15) is 8.78 Å². The third-order valence-electron chi connectivity index (χ3n) is 5.82. The Bertz CT molecular complexity index is 608. The highest BCUT2D eigenvalue weighted by molar-refractivity contribution is 5.71.